The molecule has 218 valence electrons. The number of aryl methyl sites for hydroxylation is 1. The first-order chi connectivity index (χ1) is 19.8. The standard InChI is InChI=1S/C29H33ClFN5O5/c1-35(26(37)12-10-21-8-5-9-23(31)28(21)30)22(11-13-27(38)36-16-14-32-15-17-36)19-40-29(39)33-25-18-24(34-41-25)20-6-3-2-4-7-20/h2-9,18,22,32H,10-17,19H2,1H3,(H,33,39)/t22-/m0/s1. The van der Waals surface area contributed by atoms with Gasteiger partial charge in [-0.2, -0.15) is 0 Å². The van der Waals surface area contributed by atoms with E-state index in [2.05, 4.69) is 15.8 Å². The molecule has 12 heteroatoms. The van der Waals surface area contributed by atoms with Crippen LogP contribution in [0.5, 0.6) is 0 Å². The maximum atomic E-state index is 13.8. The van der Waals surface area contributed by atoms with Gasteiger partial charge in [0.05, 0.1) is 11.1 Å². The number of likely N-dealkylation sites (N-methyl/N-ethyl adjacent to an activating group) is 1. The van der Waals surface area contributed by atoms with Gasteiger partial charge in [-0.25, -0.2) is 9.18 Å². The Balaban J connectivity index is 1.35. The summed E-state index contributed by atoms with van der Waals surface area (Å²) in [7, 11) is 1.60. The van der Waals surface area contributed by atoms with Crippen molar-refractivity contribution in [3.63, 3.8) is 0 Å². The second-order valence-electron chi connectivity index (χ2n) is 9.71. The van der Waals surface area contributed by atoms with E-state index >= 15 is 0 Å². The minimum absolute atomic E-state index is 0.0102. The molecule has 1 saturated heterocycles. The second-order valence-corrected chi connectivity index (χ2v) is 10.1. The fourth-order valence-electron chi connectivity index (χ4n) is 4.50. The van der Waals surface area contributed by atoms with Gasteiger partial charge >= 0.3 is 6.09 Å². The molecule has 0 bridgehead atoms. The van der Waals surface area contributed by atoms with Gasteiger partial charge in [0.2, 0.25) is 17.7 Å². The van der Waals surface area contributed by atoms with Crippen molar-refractivity contribution in [3.05, 3.63) is 71.0 Å². The van der Waals surface area contributed by atoms with Crippen LogP contribution in [0.1, 0.15) is 24.8 Å². The van der Waals surface area contributed by atoms with Crippen molar-refractivity contribution in [2.24, 2.45) is 0 Å². The van der Waals surface area contributed by atoms with Crippen molar-refractivity contribution in [2.45, 2.75) is 31.7 Å². The zero-order valence-corrected chi connectivity index (χ0v) is 23.5. The van der Waals surface area contributed by atoms with E-state index in [-0.39, 0.29) is 48.6 Å². The first-order valence-corrected chi connectivity index (χ1v) is 13.8. The molecule has 3 amide bonds. The third-order valence-electron chi connectivity index (χ3n) is 6.95. The summed E-state index contributed by atoms with van der Waals surface area (Å²) in [6.45, 7) is 2.55. The fourth-order valence-corrected chi connectivity index (χ4v) is 4.72. The molecule has 2 heterocycles. The van der Waals surface area contributed by atoms with Gasteiger partial charge in [0.15, 0.2) is 0 Å². The number of piperazine rings is 1. The van der Waals surface area contributed by atoms with E-state index < -0.39 is 18.0 Å². The number of aromatic nitrogens is 1. The average Bonchev–Trinajstić information content (AvgIpc) is 3.46. The van der Waals surface area contributed by atoms with Crippen LogP contribution in [-0.2, 0) is 20.7 Å². The van der Waals surface area contributed by atoms with Crippen molar-refractivity contribution < 1.29 is 28.0 Å². The van der Waals surface area contributed by atoms with E-state index in [1.54, 1.807) is 30.1 Å². The number of amides is 3. The lowest BCUT2D eigenvalue weighted by molar-refractivity contribution is -0.135. The first-order valence-electron chi connectivity index (χ1n) is 13.4. The molecule has 4 rings (SSSR count). The van der Waals surface area contributed by atoms with Gasteiger partial charge in [0.25, 0.3) is 0 Å². The topological polar surface area (TPSA) is 117 Å². The van der Waals surface area contributed by atoms with Gasteiger partial charge in [-0.15, -0.1) is 0 Å². The highest BCUT2D eigenvalue weighted by Gasteiger charge is 2.25. The molecule has 1 aromatic heterocycles. The number of halogens is 2. The molecule has 0 aliphatic carbocycles. The number of ether oxygens (including phenoxy) is 1. The first kappa shape index (κ1) is 30.0. The molecule has 2 aromatic carbocycles. The largest absolute Gasteiger partial charge is 0.447 e. The molecule has 0 radical (unpaired) electrons. The molecular formula is C29H33ClFN5O5. The van der Waals surface area contributed by atoms with Crippen LogP contribution >= 0.6 is 11.6 Å². The number of carbonyl (C=O) groups excluding carboxylic acids is 3. The van der Waals surface area contributed by atoms with Crippen LogP contribution in [0.3, 0.4) is 0 Å². The predicted molar refractivity (Wildman–Crippen MR) is 152 cm³/mol. The van der Waals surface area contributed by atoms with E-state index in [4.69, 9.17) is 20.9 Å². The van der Waals surface area contributed by atoms with Crippen LogP contribution in [0, 0.1) is 5.82 Å². The van der Waals surface area contributed by atoms with Crippen molar-refractivity contribution in [2.75, 3.05) is 45.2 Å². The van der Waals surface area contributed by atoms with Crippen LogP contribution in [0.25, 0.3) is 11.3 Å². The number of rotatable bonds is 11. The predicted octanol–water partition coefficient (Wildman–Crippen LogP) is 4.35. The highest BCUT2D eigenvalue weighted by molar-refractivity contribution is 6.31. The van der Waals surface area contributed by atoms with E-state index in [9.17, 15) is 18.8 Å². The second kappa shape index (κ2) is 14.6. The Kier molecular flexibility index (Phi) is 10.7. The molecular weight excluding hydrogens is 553 g/mol. The Morgan fingerprint density at radius 2 is 1.90 bits per heavy atom. The number of nitrogens with one attached hydrogen (secondary N) is 2. The molecule has 3 aromatic rings. The van der Waals surface area contributed by atoms with Gasteiger partial charge < -0.3 is 24.4 Å². The average molecular weight is 586 g/mol. The third-order valence-corrected chi connectivity index (χ3v) is 7.38. The monoisotopic (exact) mass is 585 g/mol. The van der Waals surface area contributed by atoms with Crippen LogP contribution in [0.15, 0.2) is 59.1 Å². The third kappa shape index (κ3) is 8.51. The molecule has 1 fully saturated rings. The number of anilines is 1. The molecule has 0 spiro atoms. The zero-order valence-electron chi connectivity index (χ0n) is 22.8. The summed E-state index contributed by atoms with van der Waals surface area (Å²) < 4.78 is 24.4. The Bertz CT molecular complexity index is 1330. The molecule has 1 aliphatic heterocycles. The van der Waals surface area contributed by atoms with Crippen molar-refractivity contribution in [1.82, 2.24) is 20.3 Å². The Hall–Kier alpha value is -3.96. The number of benzene rings is 2. The van der Waals surface area contributed by atoms with E-state index in [0.29, 0.717) is 30.8 Å². The molecule has 2 N–H and O–H groups in total. The van der Waals surface area contributed by atoms with Crippen LogP contribution < -0.4 is 10.6 Å². The molecule has 1 atom stereocenters. The quantitative estimate of drug-likeness (QED) is 0.343. The molecule has 41 heavy (non-hydrogen) atoms. The number of nitrogens with zero attached hydrogens (tertiary/aromatic N) is 3. The van der Waals surface area contributed by atoms with Gasteiger partial charge in [-0.1, -0.05) is 59.2 Å². The van der Waals surface area contributed by atoms with Crippen molar-refractivity contribution in [3.8, 4) is 11.3 Å². The summed E-state index contributed by atoms with van der Waals surface area (Å²) in [5.41, 5.74) is 1.90. The Morgan fingerprint density at radius 1 is 1.15 bits per heavy atom. The van der Waals surface area contributed by atoms with Gasteiger partial charge in [0.1, 0.15) is 18.1 Å². The Morgan fingerprint density at radius 3 is 2.66 bits per heavy atom. The lowest BCUT2D eigenvalue weighted by Crippen LogP contribution is -2.47. The van der Waals surface area contributed by atoms with E-state index in [1.165, 1.54) is 11.0 Å². The van der Waals surface area contributed by atoms with Crippen LogP contribution in [0.4, 0.5) is 15.1 Å². The SMILES string of the molecule is CN(C(=O)CCc1cccc(F)c1Cl)[C@@H](CCC(=O)N1CCNCC1)COC(=O)Nc1cc(-c2ccccc2)no1. The zero-order chi connectivity index (χ0) is 29.2. The molecule has 0 unspecified atom stereocenters. The summed E-state index contributed by atoms with van der Waals surface area (Å²) in [5.74, 6) is -0.716. The maximum absolute atomic E-state index is 13.8. The van der Waals surface area contributed by atoms with Gasteiger partial charge in [0, 0.05) is 57.7 Å². The smallest absolute Gasteiger partial charge is 0.414 e. The summed E-state index contributed by atoms with van der Waals surface area (Å²) in [6.07, 6.45) is -0.00560. The molecule has 10 nitrogen and oxygen atoms in total. The summed E-state index contributed by atoms with van der Waals surface area (Å²) in [6, 6.07) is 14.8. The lowest BCUT2D eigenvalue weighted by atomic mass is 10.1. The van der Waals surface area contributed by atoms with Crippen LogP contribution in [-0.4, -0.2) is 78.7 Å². The minimum atomic E-state index is -0.786. The summed E-state index contributed by atoms with van der Waals surface area (Å²) in [4.78, 5) is 41.7. The van der Waals surface area contributed by atoms with E-state index in [0.717, 1.165) is 18.7 Å². The van der Waals surface area contributed by atoms with Crippen LogP contribution in [0.2, 0.25) is 5.02 Å². The highest BCUT2D eigenvalue weighted by atomic mass is 35.5. The normalized spacial score (nSPS) is 13.9. The number of hydrogen-bond donors (Lipinski definition) is 2. The lowest BCUT2D eigenvalue weighted by Gasteiger charge is -2.30. The Labute approximate surface area is 242 Å². The number of hydrogen-bond acceptors (Lipinski definition) is 7. The van der Waals surface area contributed by atoms with Gasteiger partial charge in [-0.05, 0) is 24.5 Å². The van der Waals surface area contributed by atoms with Crippen molar-refractivity contribution >= 4 is 35.4 Å². The number of carbonyl (C=O) groups is 3. The molecule has 1 aliphatic rings. The molecule has 0 saturated carbocycles. The maximum Gasteiger partial charge on any atom is 0.414 e. The summed E-state index contributed by atoms with van der Waals surface area (Å²) >= 11 is 6.04. The van der Waals surface area contributed by atoms with Gasteiger partial charge in [-0.3, -0.25) is 14.9 Å². The minimum Gasteiger partial charge on any atom is -0.447 e. The van der Waals surface area contributed by atoms with E-state index in [1.807, 2.05) is 30.3 Å². The highest BCUT2D eigenvalue weighted by Crippen LogP contribution is 2.23. The summed E-state index contributed by atoms with van der Waals surface area (Å²) in [5, 5.41) is 9.66. The fraction of sp³-hybridized carbons (Fsp3) is 0.379. The van der Waals surface area contributed by atoms with Crippen molar-refractivity contribution in [1.29, 1.82) is 0 Å².